The lowest BCUT2D eigenvalue weighted by molar-refractivity contribution is 0.633. The van der Waals surface area contributed by atoms with Crippen molar-refractivity contribution in [2.45, 2.75) is 45.4 Å². The molecule has 0 aromatic rings. The second kappa shape index (κ2) is 14.8. The molecule has 0 radical (unpaired) electrons. The molecule has 1 aliphatic rings. The number of rotatable bonds is 6. The molecule has 0 bridgehead atoms. The predicted octanol–water partition coefficient (Wildman–Crippen LogP) is 7.18. The van der Waals surface area contributed by atoms with Gasteiger partial charge in [0.15, 0.2) is 0 Å². The van der Waals surface area contributed by atoms with E-state index < -0.39 is 0 Å². The van der Waals surface area contributed by atoms with Crippen LogP contribution in [0.5, 0.6) is 0 Å². The van der Waals surface area contributed by atoms with Crippen molar-refractivity contribution < 1.29 is 0 Å². The van der Waals surface area contributed by atoms with Crippen LogP contribution in [-0.4, -0.2) is 0 Å². The molecule has 0 amide bonds. The van der Waals surface area contributed by atoms with E-state index in [0.717, 1.165) is 6.42 Å². The lowest BCUT2D eigenvalue weighted by Gasteiger charge is -2.01. The average Bonchev–Trinajstić information content (AvgIpc) is 2.56. The Hall–Kier alpha value is -2.08. The zero-order valence-corrected chi connectivity index (χ0v) is 14.4. The van der Waals surface area contributed by atoms with Crippen LogP contribution in [0.25, 0.3) is 0 Å². The second-order valence-corrected chi connectivity index (χ2v) is 5.57. The van der Waals surface area contributed by atoms with Gasteiger partial charge in [0.25, 0.3) is 0 Å². The second-order valence-electron chi connectivity index (χ2n) is 5.57. The van der Waals surface area contributed by atoms with Gasteiger partial charge in [-0.15, -0.1) is 0 Å². The van der Waals surface area contributed by atoms with Crippen molar-refractivity contribution in [2.24, 2.45) is 0 Å². The van der Waals surface area contributed by atoms with Crippen LogP contribution in [0.1, 0.15) is 45.4 Å². The molecule has 0 fully saturated rings. The lowest BCUT2D eigenvalue weighted by Crippen LogP contribution is -1.82. The van der Waals surface area contributed by atoms with Crippen molar-refractivity contribution in [3.05, 3.63) is 96.7 Å². The van der Waals surface area contributed by atoms with Crippen molar-refractivity contribution in [1.82, 2.24) is 0 Å². The van der Waals surface area contributed by atoms with Gasteiger partial charge in [-0.05, 0) is 18.4 Å². The topological polar surface area (TPSA) is 0 Å². The van der Waals surface area contributed by atoms with Gasteiger partial charge < -0.3 is 0 Å². The fourth-order valence-corrected chi connectivity index (χ4v) is 2.22. The Morgan fingerprint density at radius 2 is 1.00 bits per heavy atom. The first-order chi connectivity index (χ1) is 11.4. The number of allylic oxidation sites excluding steroid dienone is 16. The van der Waals surface area contributed by atoms with Crippen molar-refractivity contribution in [3.63, 3.8) is 0 Å². The molecular formula is C23H30. The largest absolute Gasteiger partial charge is 0.0654 e. The molecule has 23 heavy (non-hydrogen) atoms. The first-order valence-corrected chi connectivity index (χ1v) is 8.80. The Morgan fingerprint density at radius 1 is 0.522 bits per heavy atom. The van der Waals surface area contributed by atoms with Gasteiger partial charge in [-0.25, -0.2) is 0 Å². The highest BCUT2D eigenvalue weighted by Crippen LogP contribution is 2.12. The highest BCUT2D eigenvalue weighted by atomic mass is 14.0. The summed E-state index contributed by atoms with van der Waals surface area (Å²) < 4.78 is 0. The van der Waals surface area contributed by atoms with Gasteiger partial charge in [-0.1, -0.05) is 124 Å². The van der Waals surface area contributed by atoms with Crippen molar-refractivity contribution in [2.75, 3.05) is 0 Å². The standard InChI is InChI=1S/C23H30/c1-2-3-4-14-17-20-23-21-18-15-12-10-8-6-5-7-9-11-13-16-19-22-23/h5-13,15-16,18-19,21-22H,2-4,14,17,20H2,1H3. The summed E-state index contributed by atoms with van der Waals surface area (Å²) in [5.41, 5.74) is 1.39. The minimum atomic E-state index is 1.15. The maximum Gasteiger partial charge on any atom is -0.0279 e. The molecule has 0 heterocycles. The van der Waals surface area contributed by atoms with Gasteiger partial charge in [0, 0.05) is 0 Å². The maximum absolute atomic E-state index is 2.26. The van der Waals surface area contributed by atoms with Crippen LogP contribution in [-0.2, 0) is 0 Å². The van der Waals surface area contributed by atoms with Crippen LogP contribution >= 0.6 is 0 Å². The summed E-state index contributed by atoms with van der Waals surface area (Å²) in [6.45, 7) is 2.26. The molecule has 1 aliphatic carbocycles. The molecular weight excluding hydrogens is 276 g/mol. The lowest BCUT2D eigenvalue weighted by atomic mass is 10.0. The summed E-state index contributed by atoms with van der Waals surface area (Å²) in [6, 6.07) is 0. The Bertz CT molecular complexity index is 516. The zero-order chi connectivity index (χ0) is 16.4. The quantitative estimate of drug-likeness (QED) is 0.456. The van der Waals surface area contributed by atoms with Gasteiger partial charge in [-0.2, -0.15) is 0 Å². The highest BCUT2D eigenvalue weighted by molar-refractivity contribution is 5.29. The van der Waals surface area contributed by atoms with Crippen LogP contribution < -0.4 is 0 Å². The van der Waals surface area contributed by atoms with Gasteiger partial charge in [0.2, 0.25) is 0 Å². The molecule has 0 saturated heterocycles. The zero-order valence-electron chi connectivity index (χ0n) is 14.4. The van der Waals surface area contributed by atoms with E-state index in [1.807, 2.05) is 42.5 Å². The molecule has 0 N–H and O–H groups in total. The monoisotopic (exact) mass is 306 g/mol. The van der Waals surface area contributed by atoms with E-state index in [4.69, 9.17) is 0 Å². The summed E-state index contributed by atoms with van der Waals surface area (Å²) in [5.74, 6) is 0. The third-order valence-electron chi connectivity index (χ3n) is 3.52. The Labute approximate surface area is 142 Å². The predicted molar refractivity (Wildman–Crippen MR) is 105 cm³/mol. The summed E-state index contributed by atoms with van der Waals surface area (Å²) in [6.07, 6.45) is 39.0. The summed E-state index contributed by atoms with van der Waals surface area (Å²) in [5, 5.41) is 0. The SMILES string of the molecule is CCCCCCCC1=CC=CC=CC=CC=CC=CC=CC=C1. The van der Waals surface area contributed by atoms with Crippen molar-refractivity contribution in [1.29, 1.82) is 0 Å². The van der Waals surface area contributed by atoms with Gasteiger partial charge in [0.05, 0.1) is 0 Å². The van der Waals surface area contributed by atoms with Crippen molar-refractivity contribution in [3.8, 4) is 0 Å². The summed E-state index contributed by atoms with van der Waals surface area (Å²) in [4.78, 5) is 0. The molecule has 0 heteroatoms. The molecule has 0 saturated carbocycles. The van der Waals surface area contributed by atoms with E-state index in [9.17, 15) is 0 Å². The molecule has 0 aromatic carbocycles. The molecule has 0 aliphatic heterocycles. The Balaban J connectivity index is 2.64. The third kappa shape index (κ3) is 12.2. The van der Waals surface area contributed by atoms with E-state index in [0.29, 0.717) is 0 Å². The number of hydrogen-bond acceptors (Lipinski definition) is 0. The van der Waals surface area contributed by atoms with Crippen LogP contribution in [0.4, 0.5) is 0 Å². The molecule has 0 spiro atoms. The molecule has 122 valence electrons. The molecule has 0 aromatic heterocycles. The first-order valence-electron chi connectivity index (χ1n) is 8.80. The van der Waals surface area contributed by atoms with Crippen LogP contribution in [0, 0.1) is 0 Å². The molecule has 0 unspecified atom stereocenters. The number of unbranched alkanes of at least 4 members (excludes halogenated alkanes) is 4. The highest BCUT2D eigenvalue weighted by Gasteiger charge is 1.93. The minimum absolute atomic E-state index is 1.15. The van der Waals surface area contributed by atoms with Gasteiger partial charge >= 0.3 is 0 Å². The molecule has 1 rings (SSSR count). The molecule has 0 nitrogen and oxygen atoms in total. The smallest absolute Gasteiger partial charge is 0.0279 e. The van der Waals surface area contributed by atoms with Crippen LogP contribution in [0.3, 0.4) is 0 Å². The van der Waals surface area contributed by atoms with Gasteiger partial charge in [-0.3, -0.25) is 0 Å². The fourth-order valence-electron chi connectivity index (χ4n) is 2.22. The number of hydrogen-bond donors (Lipinski definition) is 0. The molecule has 0 atom stereocenters. The Morgan fingerprint density at radius 3 is 1.57 bits per heavy atom. The van der Waals surface area contributed by atoms with E-state index in [1.54, 1.807) is 0 Å². The van der Waals surface area contributed by atoms with E-state index in [1.165, 1.54) is 37.7 Å². The van der Waals surface area contributed by atoms with E-state index >= 15 is 0 Å². The minimum Gasteiger partial charge on any atom is -0.0654 e. The Kier molecular flexibility index (Phi) is 12.2. The normalized spacial score (nSPS) is 15.3. The third-order valence-corrected chi connectivity index (χ3v) is 3.52. The maximum atomic E-state index is 2.26. The summed E-state index contributed by atoms with van der Waals surface area (Å²) in [7, 11) is 0. The van der Waals surface area contributed by atoms with E-state index in [2.05, 4.69) is 55.5 Å². The van der Waals surface area contributed by atoms with Crippen molar-refractivity contribution >= 4 is 0 Å². The van der Waals surface area contributed by atoms with Crippen LogP contribution in [0.15, 0.2) is 96.7 Å². The first kappa shape index (κ1) is 19.0. The fraction of sp³-hybridized carbons (Fsp3) is 0.304. The summed E-state index contributed by atoms with van der Waals surface area (Å²) >= 11 is 0. The van der Waals surface area contributed by atoms with Gasteiger partial charge in [0.1, 0.15) is 0 Å². The van der Waals surface area contributed by atoms with Crippen LogP contribution in [0.2, 0.25) is 0 Å². The average molecular weight is 306 g/mol. The van der Waals surface area contributed by atoms with E-state index in [-0.39, 0.29) is 0 Å².